The first-order valence-electron chi connectivity index (χ1n) is 45.1. The average molecular weight is 1670 g/mol. The molecule has 6 fully saturated rings. The number of aromatic amines is 1. The lowest BCUT2D eigenvalue weighted by Gasteiger charge is -2.43. The van der Waals surface area contributed by atoms with Crippen LogP contribution < -0.4 is 29.5 Å². The van der Waals surface area contributed by atoms with Gasteiger partial charge >= 0.3 is 0 Å². The largest absolute Gasteiger partial charge is 0.492 e. The number of nitriles is 1. The average Bonchev–Trinajstić information content (AvgIpc) is 1.53. The molecule has 18 heteroatoms. The van der Waals surface area contributed by atoms with Gasteiger partial charge in [-0.1, -0.05) is 214 Å². The fourth-order valence-corrected chi connectivity index (χ4v) is 14.3. The molecule has 0 aliphatic carbocycles. The Kier molecular flexibility index (Phi) is 41.2. The number of rotatable bonds is 20. The second-order valence-corrected chi connectivity index (χ2v) is 35.5. The third-order valence-electron chi connectivity index (χ3n) is 22.8. The molecule has 0 unspecified atom stereocenters. The molecule has 0 radical (unpaired) electrons. The van der Waals surface area contributed by atoms with Crippen LogP contribution in [0.15, 0.2) is 188 Å². The molecular formula is C104H146FN9O8. The third kappa shape index (κ3) is 33.2. The number of hydrogen-bond acceptors (Lipinski definition) is 15. The standard InChI is InChI=1S/C16H24N2O.C15H19NO2.C15H23NO.C13H18FNO.C12H18N2O.C12H18O.C11H13N.C10H13NO/c1-13(2)14-3-5-15(6-4-14)17-7-9-18(10-8-17)16-11-19-12-16;1-11(2)12-3-4-15(13(9-12)10-16)18-14-5-7-17-8-6-14;1-13(2)14-5-7-15(8-6-14)17-12-11-16-9-3-4-10-16;1-10(2)11-3-4-13(12(14)9-11)15-5-7-16-8-6-15;1-10(2)11-3-4-12(13-9-11)14-5-7-15-8-6-14;1-9(2)10-5-7-11(8-6-10)12(3,4)13;1-8(2)11-7-9-5-3-4-6-10(9)12-11;1-8(2)10(12)11-9-6-4-3-5-7-9/h3-6,13,16H,7-12H2,1-2H3;3-4,9,11,14H,5-8H2,1-2H3;5-8,13H,3-4,9-12H2,1-2H3;3-4,9-10H,5-8H2,1-2H3;3-4,9-10H,5-8H2,1-2H3;5-9,13H,1-4H3;3-8,12H,1-2H3;3-8H,1-2H3,(H,11,12). The molecule has 2 aromatic heterocycles. The number of benzene rings is 7. The summed E-state index contributed by atoms with van der Waals surface area (Å²) in [5.74, 6) is 6.43. The van der Waals surface area contributed by atoms with Gasteiger partial charge in [0.05, 0.1) is 75.7 Å². The van der Waals surface area contributed by atoms with Crippen LogP contribution in [0.5, 0.6) is 11.5 Å². The molecule has 6 aliphatic heterocycles. The lowest BCUT2D eigenvalue weighted by Crippen LogP contribution is -2.56. The maximum atomic E-state index is 13.9. The zero-order valence-electron chi connectivity index (χ0n) is 77.0. The van der Waals surface area contributed by atoms with Gasteiger partial charge in [-0.2, -0.15) is 5.26 Å². The molecule has 6 aliphatic rings. The number of H-pyrrole nitrogens is 1. The molecule has 0 bridgehead atoms. The summed E-state index contributed by atoms with van der Waals surface area (Å²) >= 11 is 0. The van der Waals surface area contributed by atoms with Gasteiger partial charge in [-0.05, 0) is 204 Å². The Balaban J connectivity index is 0.000000174. The fourth-order valence-electron chi connectivity index (χ4n) is 14.3. The lowest BCUT2D eigenvalue weighted by molar-refractivity contribution is -0.118. The van der Waals surface area contributed by atoms with Crippen LogP contribution in [-0.4, -0.2) is 174 Å². The quantitative estimate of drug-likeness (QED) is 0.0657. The van der Waals surface area contributed by atoms with Crippen molar-refractivity contribution in [3.63, 3.8) is 0 Å². The molecule has 662 valence electrons. The molecule has 7 aromatic carbocycles. The van der Waals surface area contributed by atoms with E-state index in [1.807, 2.05) is 97.7 Å². The highest BCUT2D eigenvalue weighted by Crippen LogP contribution is 2.31. The number of para-hydroxylation sites is 2. The first kappa shape index (κ1) is 98.3. The number of piperazine rings is 1. The fraction of sp³-hybridized carbons (Fsp3) is 0.510. The van der Waals surface area contributed by atoms with Crippen LogP contribution in [0.3, 0.4) is 0 Å². The lowest BCUT2D eigenvalue weighted by atomic mass is 9.95. The summed E-state index contributed by atoms with van der Waals surface area (Å²) in [6.07, 6.45) is 6.66. The van der Waals surface area contributed by atoms with Crippen LogP contribution in [0.4, 0.5) is 27.3 Å². The molecule has 1 amide bonds. The third-order valence-corrected chi connectivity index (χ3v) is 22.8. The number of amides is 1. The highest BCUT2D eigenvalue weighted by Gasteiger charge is 2.29. The van der Waals surface area contributed by atoms with Crippen molar-refractivity contribution in [2.75, 3.05) is 151 Å². The number of morpholine rings is 2. The molecule has 0 saturated carbocycles. The van der Waals surface area contributed by atoms with Crippen LogP contribution in [0.2, 0.25) is 0 Å². The van der Waals surface area contributed by atoms with Gasteiger partial charge in [0.2, 0.25) is 5.91 Å². The number of likely N-dealkylation sites (tertiary alicyclic amines) is 1. The van der Waals surface area contributed by atoms with Gasteiger partial charge in [-0.15, -0.1) is 0 Å². The van der Waals surface area contributed by atoms with E-state index in [1.54, 1.807) is 19.9 Å². The Bertz CT molecular complexity index is 4410. The van der Waals surface area contributed by atoms with Crippen molar-refractivity contribution in [3.8, 4) is 17.6 Å². The zero-order valence-corrected chi connectivity index (χ0v) is 77.0. The molecule has 6 saturated heterocycles. The van der Waals surface area contributed by atoms with E-state index in [2.05, 4.69) is 241 Å². The topological polar surface area (TPSA) is 173 Å². The van der Waals surface area contributed by atoms with E-state index in [0.717, 1.165) is 133 Å². The minimum atomic E-state index is -0.727. The van der Waals surface area contributed by atoms with Gasteiger partial charge in [-0.25, -0.2) is 9.37 Å². The zero-order chi connectivity index (χ0) is 88.1. The molecule has 9 aromatic rings. The van der Waals surface area contributed by atoms with E-state index in [9.17, 15) is 19.6 Å². The molecule has 0 spiro atoms. The summed E-state index contributed by atoms with van der Waals surface area (Å²) < 4.78 is 46.7. The summed E-state index contributed by atoms with van der Waals surface area (Å²) in [5.41, 5.74) is 14.0. The Labute approximate surface area is 732 Å². The van der Waals surface area contributed by atoms with Crippen molar-refractivity contribution in [1.29, 1.82) is 5.26 Å². The van der Waals surface area contributed by atoms with Crippen LogP contribution in [0.25, 0.3) is 10.9 Å². The van der Waals surface area contributed by atoms with Gasteiger partial charge in [0.25, 0.3) is 0 Å². The number of aliphatic hydroxyl groups is 1. The van der Waals surface area contributed by atoms with E-state index in [-0.39, 0.29) is 23.7 Å². The first-order chi connectivity index (χ1) is 58.5. The minimum absolute atomic E-state index is 0.0326. The Morgan fingerprint density at radius 3 is 1.55 bits per heavy atom. The molecule has 8 heterocycles. The second kappa shape index (κ2) is 51.2. The number of hydrogen-bond donors (Lipinski definition) is 3. The second-order valence-electron chi connectivity index (χ2n) is 35.5. The van der Waals surface area contributed by atoms with E-state index in [0.29, 0.717) is 77.7 Å². The van der Waals surface area contributed by atoms with E-state index in [4.69, 9.17) is 28.4 Å². The van der Waals surface area contributed by atoms with Crippen LogP contribution >= 0.6 is 0 Å². The van der Waals surface area contributed by atoms with Gasteiger partial charge in [0, 0.05) is 106 Å². The Morgan fingerprint density at radius 2 is 1.05 bits per heavy atom. The summed E-state index contributed by atoms with van der Waals surface area (Å²) in [7, 11) is 0. The Hall–Kier alpha value is -9.16. The van der Waals surface area contributed by atoms with Crippen molar-refractivity contribution in [1.82, 2.24) is 19.8 Å². The van der Waals surface area contributed by atoms with Crippen molar-refractivity contribution < 1.29 is 42.7 Å². The van der Waals surface area contributed by atoms with Gasteiger partial charge in [0.1, 0.15) is 41.9 Å². The van der Waals surface area contributed by atoms with Gasteiger partial charge in [-0.3, -0.25) is 14.6 Å². The molecule has 17 nitrogen and oxygen atoms in total. The summed E-state index contributed by atoms with van der Waals surface area (Å²) in [4.78, 5) is 31.0. The van der Waals surface area contributed by atoms with Gasteiger partial charge < -0.3 is 58.5 Å². The first-order valence-corrected chi connectivity index (χ1v) is 45.1. The number of nitrogens with one attached hydrogen (secondary N) is 2. The van der Waals surface area contributed by atoms with Crippen molar-refractivity contribution >= 4 is 39.7 Å². The predicted molar refractivity (Wildman–Crippen MR) is 503 cm³/mol. The number of fused-ring (bicyclic) bond motifs is 1. The van der Waals surface area contributed by atoms with Crippen LogP contribution in [0.1, 0.15) is 242 Å². The molecular weight excluding hydrogens is 1520 g/mol. The molecule has 0 atom stereocenters. The number of ether oxygens (including phenoxy) is 6. The number of carbonyl (C=O) groups is 1. The predicted octanol–water partition coefficient (Wildman–Crippen LogP) is 22.3. The van der Waals surface area contributed by atoms with E-state index < -0.39 is 5.60 Å². The normalized spacial score (nSPS) is 15.8. The monoisotopic (exact) mass is 1670 g/mol. The number of halogens is 1. The van der Waals surface area contributed by atoms with Crippen LogP contribution in [-0.2, 0) is 29.3 Å². The van der Waals surface area contributed by atoms with Crippen molar-refractivity contribution in [3.05, 3.63) is 244 Å². The number of pyridine rings is 1. The smallest absolute Gasteiger partial charge is 0.226 e. The number of carbonyl (C=O) groups excluding carboxylic acids is 1. The summed E-state index contributed by atoms with van der Waals surface area (Å²) in [6.45, 7) is 56.5. The highest BCUT2D eigenvalue weighted by atomic mass is 19.1. The van der Waals surface area contributed by atoms with E-state index >= 15 is 0 Å². The van der Waals surface area contributed by atoms with E-state index in [1.165, 1.54) is 89.1 Å². The molecule has 122 heavy (non-hydrogen) atoms. The maximum absolute atomic E-state index is 13.9. The Morgan fingerprint density at radius 1 is 0.541 bits per heavy atom. The van der Waals surface area contributed by atoms with Crippen molar-refractivity contribution in [2.24, 2.45) is 5.92 Å². The number of aromatic nitrogens is 2. The minimum Gasteiger partial charge on any atom is -0.492 e. The molecule has 3 N–H and O–H groups in total. The van der Waals surface area contributed by atoms with Crippen LogP contribution in [0, 0.1) is 23.1 Å². The highest BCUT2D eigenvalue weighted by molar-refractivity contribution is 5.92. The number of anilines is 4. The maximum Gasteiger partial charge on any atom is 0.226 e. The summed E-state index contributed by atoms with van der Waals surface area (Å²) in [5, 5.41) is 23.0. The number of nitrogens with zero attached hydrogens (tertiary/aromatic N) is 7. The summed E-state index contributed by atoms with van der Waals surface area (Å²) in [6, 6.07) is 64.4. The SMILES string of the molecule is CC(C)C(=O)Nc1ccccc1.CC(C)c1cc2ccccc2[nH]1.CC(C)c1ccc(C(C)(C)O)cc1.CC(C)c1ccc(N2CCN(C3COC3)CC2)cc1.CC(C)c1ccc(N2CCOCC2)c(F)c1.CC(C)c1ccc(N2CCOCC2)nc1.CC(C)c1ccc(OC2CCOCC2)c(C#N)c1.CC(C)c1ccc(OCCN2CCCC2)cc1. The van der Waals surface area contributed by atoms with Crippen molar-refractivity contribution in [2.45, 2.75) is 209 Å². The molecule has 15 rings (SSSR count). The van der Waals surface area contributed by atoms with Gasteiger partial charge in [0.15, 0.2) is 0 Å².